The first-order chi connectivity index (χ1) is 8.45. The average Bonchev–Trinajstić information content (AvgIpc) is 2.30. The summed E-state index contributed by atoms with van der Waals surface area (Å²) in [5.74, 6) is 1.10. The van der Waals surface area contributed by atoms with E-state index in [2.05, 4.69) is 11.2 Å². The summed E-state index contributed by atoms with van der Waals surface area (Å²) in [6.07, 6.45) is 5.02. The summed E-state index contributed by atoms with van der Waals surface area (Å²) in [6.45, 7) is 0. The van der Waals surface area contributed by atoms with Crippen molar-refractivity contribution < 1.29 is 14.8 Å². The lowest BCUT2D eigenvalue weighted by molar-refractivity contribution is -0.384. The quantitative estimate of drug-likeness (QED) is 0.485. The predicted octanol–water partition coefficient (Wildman–Crippen LogP) is 2.14. The van der Waals surface area contributed by atoms with Crippen LogP contribution < -0.4 is 5.32 Å². The molecule has 0 saturated heterocycles. The van der Waals surface area contributed by atoms with Crippen LogP contribution in [-0.4, -0.2) is 22.0 Å². The van der Waals surface area contributed by atoms with Crippen molar-refractivity contribution in [3.05, 3.63) is 33.3 Å². The number of hydrogen-bond acceptors (Lipinski definition) is 4. The highest BCUT2D eigenvalue weighted by atomic mass is 35.5. The number of hydrogen-bond donors (Lipinski definition) is 2. The Bertz CT molecular complexity index is 524. The van der Waals surface area contributed by atoms with E-state index in [1.165, 1.54) is 12.1 Å². The zero-order valence-corrected chi connectivity index (χ0v) is 9.85. The second-order valence-corrected chi connectivity index (χ2v) is 3.77. The molecule has 0 aliphatic carbocycles. The first kappa shape index (κ1) is 13.8. The van der Waals surface area contributed by atoms with Gasteiger partial charge >= 0.3 is 5.97 Å². The molecular weight excluding hydrogens is 260 g/mol. The van der Waals surface area contributed by atoms with E-state index in [1.807, 2.05) is 0 Å². The van der Waals surface area contributed by atoms with Crippen LogP contribution in [0, 0.1) is 22.5 Å². The molecule has 1 aromatic rings. The summed E-state index contributed by atoms with van der Waals surface area (Å²) in [6, 6.07) is 2.71. The van der Waals surface area contributed by atoms with E-state index >= 15 is 0 Å². The first-order valence-electron chi connectivity index (χ1n) is 4.82. The van der Waals surface area contributed by atoms with Crippen LogP contribution >= 0.6 is 11.6 Å². The summed E-state index contributed by atoms with van der Waals surface area (Å²) in [7, 11) is 0. The standard InChI is InChI=1S/C11H9ClN2O4/c1-2-3-10(11(15)16)13-9-5-4-7(14(17)18)6-8(9)12/h1,4-6,10,13H,3H2,(H,15,16). The third-order valence-electron chi connectivity index (χ3n) is 2.11. The fourth-order valence-electron chi connectivity index (χ4n) is 1.24. The summed E-state index contributed by atoms with van der Waals surface area (Å²) in [4.78, 5) is 20.8. The van der Waals surface area contributed by atoms with Crippen molar-refractivity contribution in [2.75, 3.05) is 5.32 Å². The number of carbonyl (C=O) groups is 1. The molecule has 0 spiro atoms. The highest BCUT2D eigenvalue weighted by Crippen LogP contribution is 2.27. The predicted molar refractivity (Wildman–Crippen MR) is 66.6 cm³/mol. The van der Waals surface area contributed by atoms with Crippen LogP contribution in [0.4, 0.5) is 11.4 Å². The Morgan fingerprint density at radius 3 is 2.78 bits per heavy atom. The molecule has 0 saturated carbocycles. The summed E-state index contributed by atoms with van der Waals surface area (Å²) < 4.78 is 0. The number of nitrogens with one attached hydrogen (secondary N) is 1. The zero-order valence-electron chi connectivity index (χ0n) is 9.09. The normalized spacial score (nSPS) is 11.3. The Morgan fingerprint density at radius 1 is 1.67 bits per heavy atom. The van der Waals surface area contributed by atoms with Gasteiger partial charge in [-0.15, -0.1) is 12.3 Å². The van der Waals surface area contributed by atoms with Gasteiger partial charge in [-0.2, -0.15) is 0 Å². The van der Waals surface area contributed by atoms with Crippen LogP contribution in [-0.2, 0) is 4.79 Å². The minimum Gasteiger partial charge on any atom is -0.480 e. The number of benzene rings is 1. The Labute approximate surface area is 108 Å². The van der Waals surface area contributed by atoms with Gasteiger partial charge in [0.15, 0.2) is 0 Å². The second-order valence-electron chi connectivity index (χ2n) is 3.36. The molecule has 1 rings (SSSR count). The SMILES string of the molecule is C#CCC(Nc1ccc([N+](=O)[O-])cc1Cl)C(=O)O. The van der Waals surface area contributed by atoms with Gasteiger partial charge in [0.05, 0.1) is 15.6 Å². The van der Waals surface area contributed by atoms with Crippen LogP contribution in [0.5, 0.6) is 0 Å². The summed E-state index contributed by atoms with van der Waals surface area (Å²) in [5.41, 5.74) is 0.110. The Hall–Kier alpha value is -2.26. The van der Waals surface area contributed by atoms with E-state index in [-0.39, 0.29) is 22.8 Å². The number of non-ortho nitro benzene ring substituents is 1. The third-order valence-corrected chi connectivity index (χ3v) is 2.43. The Kier molecular flexibility index (Phi) is 4.52. The minimum atomic E-state index is -1.12. The van der Waals surface area contributed by atoms with Crippen molar-refractivity contribution in [2.24, 2.45) is 0 Å². The molecule has 0 bridgehead atoms. The molecule has 2 N–H and O–H groups in total. The van der Waals surface area contributed by atoms with Crippen molar-refractivity contribution in [2.45, 2.75) is 12.5 Å². The van der Waals surface area contributed by atoms with Gasteiger partial charge in [0.2, 0.25) is 0 Å². The Balaban J connectivity index is 2.94. The number of carboxylic acid groups (broad SMARTS) is 1. The molecule has 0 radical (unpaired) electrons. The zero-order chi connectivity index (χ0) is 13.7. The van der Waals surface area contributed by atoms with Gasteiger partial charge in [0, 0.05) is 18.6 Å². The van der Waals surface area contributed by atoms with Gasteiger partial charge in [-0.3, -0.25) is 10.1 Å². The Morgan fingerprint density at radius 2 is 2.33 bits per heavy atom. The van der Waals surface area contributed by atoms with Crippen LogP contribution in [0.3, 0.4) is 0 Å². The molecule has 0 fully saturated rings. The van der Waals surface area contributed by atoms with E-state index in [0.717, 1.165) is 6.07 Å². The lowest BCUT2D eigenvalue weighted by atomic mass is 10.2. The van der Waals surface area contributed by atoms with Gasteiger partial charge in [-0.25, -0.2) is 4.79 Å². The minimum absolute atomic E-state index is 0.0251. The van der Waals surface area contributed by atoms with E-state index in [9.17, 15) is 14.9 Å². The second kappa shape index (κ2) is 5.89. The molecule has 0 aliphatic heterocycles. The van der Waals surface area contributed by atoms with Crippen molar-refractivity contribution >= 4 is 28.9 Å². The van der Waals surface area contributed by atoms with Gasteiger partial charge in [-0.05, 0) is 6.07 Å². The maximum absolute atomic E-state index is 10.9. The fourth-order valence-corrected chi connectivity index (χ4v) is 1.47. The maximum atomic E-state index is 10.9. The molecule has 7 heteroatoms. The number of anilines is 1. The van der Waals surface area contributed by atoms with Crippen molar-refractivity contribution in [1.82, 2.24) is 0 Å². The number of nitrogens with zero attached hydrogens (tertiary/aromatic N) is 1. The van der Waals surface area contributed by atoms with Gasteiger partial charge in [0.1, 0.15) is 6.04 Å². The van der Waals surface area contributed by atoms with Crippen LogP contribution in [0.15, 0.2) is 18.2 Å². The van der Waals surface area contributed by atoms with Crippen molar-refractivity contribution in [3.63, 3.8) is 0 Å². The van der Waals surface area contributed by atoms with Crippen LogP contribution in [0.25, 0.3) is 0 Å². The smallest absolute Gasteiger partial charge is 0.327 e. The highest BCUT2D eigenvalue weighted by Gasteiger charge is 2.18. The molecule has 1 unspecified atom stereocenters. The molecular formula is C11H9ClN2O4. The summed E-state index contributed by atoms with van der Waals surface area (Å²) >= 11 is 5.81. The monoisotopic (exact) mass is 268 g/mol. The van der Waals surface area contributed by atoms with E-state index in [0.29, 0.717) is 0 Å². The largest absolute Gasteiger partial charge is 0.480 e. The van der Waals surface area contributed by atoms with Crippen molar-refractivity contribution in [3.8, 4) is 12.3 Å². The van der Waals surface area contributed by atoms with Gasteiger partial charge in [-0.1, -0.05) is 11.6 Å². The number of nitro benzene ring substituents is 1. The molecule has 0 amide bonds. The molecule has 18 heavy (non-hydrogen) atoms. The molecule has 94 valence electrons. The first-order valence-corrected chi connectivity index (χ1v) is 5.20. The number of nitro groups is 1. The molecule has 0 heterocycles. The molecule has 1 atom stereocenters. The molecule has 0 aromatic heterocycles. The number of terminal acetylenes is 1. The number of carboxylic acids is 1. The molecule has 1 aromatic carbocycles. The fraction of sp³-hybridized carbons (Fsp3) is 0.182. The average molecular weight is 269 g/mol. The van der Waals surface area contributed by atoms with Crippen LogP contribution in [0.1, 0.15) is 6.42 Å². The van der Waals surface area contributed by atoms with E-state index < -0.39 is 16.9 Å². The van der Waals surface area contributed by atoms with Gasteiger partial charge < -0.3 is 10.4 Å². The number of rotatable bonds is 5. The highest BCUT2D eigenvalue weighted by molar-refractivity contribution is 6.33. The lowest BCUT2D eigenvalue weighted by Crippen LogP contribution is -2.28. The van der Waals surface area contributed by atoms with Gasteiger partial charge in [0.25, 0.3) is 5.69 Å². The van der Waals surface area contributed by atoms with E-state index in [1.54, 1.807) is 0 Å². The molecule has 6 nitrogen and oxygen atoms in total. The summed E-state index contributed by atoms with van der Waals surface area (Å²) in [5, 5.41) is 22.1. The molecule has 0 aliphatic rings. The topological polar surface area (TPSA) is 92.5 Å². The number of halogens is 1. The maximum Gasteiger partial charge on any atom is 0.327 e. The lowest BCUT2D eigenvalue weighted by Gasteiger charge is -2.14. The van der Waals surface area contributed by atoms with Crippen LogP contribution in [0.2, 0.25) is 5.02 Å². The number of aliphatic carboxylic acids is 1. The van der Waals surface area contributed by atoms with Crippen molar-refractivity contribution in [1.29, 1.82) is 0 Å². The van der Waals surface area contributed by atoms with E-state index in [4.69, 9.17) is 23.1 Å². The third kappa shape index (κ3) is 3.37.